The van der Waals surface area contributed by atoms with Gasteiger partial charge in [0.15, 0.2) is 0 Å². The quantitative estimate of drug-likeness (QED) is 0.480. The minimum atomic E-state index is 1.01. The summed E-state index contributed by atoms with van der Waals surface area (Å²) in [6.07, 6.45) is 5.75. The van der Waals surface area contributed by atoms with E-state index in [1.165, 1.54) is 43.5 Å². The van der Waals surface area contributed by atoms with Crippen LogP contribution in [0, 0.1) is 0 Å². The molecule has 1 aliphatic rings. The van der Waals surface area contributed by atoms with Crippen molar-refractivity contribution in [3.8, 4) is 22.3 Å². The molecule has 0 amide bonds. The van der Waals surface area contributed by atoms with Crippen LogP contribution < -0.4 is 10.4 Å². The number of fused-ring (bicyclic) bond motifs is 2. The lowest BCUT2D eigenvalue weighted by Gasteiger charge is -2.14. The number of hydrogen-bond acceptors (Lipinski definition) is 0. The summed E-state index contributed by atoms with van der Waals surface area (Å²) in [7, 11) is 0. The number of rotatable bonds is 2. The van der Waals surface area contributed by atoms with Gasteiger partial charge in [0.05, 0.1) is 0 Å². The Balaban J connectivity index is 2.00. The van der Waals surface area contributed by atoms with Crippen molar-refractivity contribution in [3.05, 3.63) is 95.4 Å². The fourth-order valence-corrected chi connectivity index (χ4v) is 4.03. The maximum absolute atomic E-state index is 2.37. The molecule has 0 bridgehead atoms. The Bertz CT molecular complexity index is 1090. The maximum Gasteiger partial charge on any atom is -0.00296 e. The standard InChI is InChI=1S/C25H18/c1-3-10-18(11-4-1)24-20-14-7-8-15-21(20)25(19-12-5-2-6-13-19)23-17-9-16-22(23)24/h1-8,10-17H,9H2. The molecule has 118 valence electrons. The molecule has 4 aromatic carbocycles. The summed E-state index contributed by atoms with van der Waals surface area (Å²) in [5, 5.41) is 5.42. The Morgan fingerprint density at radius 3 is 1.28 bits per heavy atom. The summed E-state index contributed by atoms with van der Waals surface area (Å²) in [5.74, 6) is 0. The Kier molecular flexibility index (Phi) is 3.28. The van der Waals surface area contributed by atoms with Gasteiger partial charge in [-0.05, 0) is 49.9 Å². The summed E-state index contributed by atoms with van der Waals surface area (Å²) in [6, 6.07) is 30.4. The van der Waals surface area contributed by atoms with Crippen LogP contribution in [-0.2, 0) is 0 Å². The second kappa shape index (κ2) is 5.75. The van der Waals surface area contributed by atoms with Crippen molar-refractivity contribution < 1.29 is 0 Å². The average Bonchev–Trinajstić information content (AvgIpc) is 3.16. The normalized spacial score (nSPS) is 12.5. The lowest BCUT2D eigenvalue weighted by Crippen LogP contribution is -2.26. The molecule has 0 aliphatic heterocycles. The van der Waals surface area contributed by atoms with Crippen molar-refractivity contribution in [3.63, 3.8) is 0 Å². The molecule has 0 heteroatoms. The predicted octanol–water partition coefficient (Wildman–Crippen LogP) is 5.14. The Hall–Kier alpha value is -3.12. The van der Waals surface area contributed by atoms with E-state index < -0.39 is 0 Å². The van der Waals surface area contributed by atoms with Crippen LogP contribution in [0.5, 0.6) is 0 Å². The summed E-state index contributed by atoms with van der Waals surface area (Å²) >= 11 is 0. The monoisotopic (exact) mass is 318 g/mol. The summed E-state index contributed by atoms with van der Waals surface area (Å²) in [6.45, 7) is 0. The summed E-state index contributed by atoms with van der Waals surface area (Å²) < 4.78 is 0. The fourth-order valence-electron chi connectivity index (χ4n) is 4.03. The highest BCUT2D eigenvalue weighted by atomic mass is 14.2. The van der Waals surface area contributed by atoms with Gasteiger partial charge < -0.3 is 0 Å². The molecule has 0 saturated carbocycles. The molecule has 0 N–H and O–H groups in total. The van der Waals surface area contributed by atoms with Crippen LogP contribution >= 0.6 is 0 Å². The topological polar surface area (TPSA) is 0 Å². The smallest absolute Gasteiger partial charge is 0.00296 e. The van der Waals surface area contributed by atoms with Crippen LogP contribution in [0.25, 0.3) is 45.2 Å². The first-order valence-corrected chi connectivity index (χ1v) is 8.79. The lowest BCUT2D eigenvalue weighted by atomic mass is 9.89. The predicted molar refractivity (Wildman–Crippen MR) is 108 cm³/mol. The van der Waals surface area contributed by atoms with Crippen molar-refractivity contribution in [2.45, 2.75) is 6.42 Å². The van der Waals surface area contributed by atoms with E-state index in [-0.39, 0.29) is 0 Å². The van der Waals surface area contributed by atoms with Crippen LogP contribution in [-0.4, -0.2) is 0 Å². The molecule has 1 aliphatic carbocycles. The number of benzene rings is 4. The summed E-state index contributed by atoms with van der Waals surface area (Å²) in [4.78, 5) is 0. The third-order valence-electron chi connectivity index (χ3n) is 5.06. The third-order valence-corrected chi connectivity index (χ3v) is 5.06. The van der Waals surface area contributed by atoms with Crippen molar-refractivity contribution in [1.82, 2.24) is 0 Å². The Labute approximate surface area is 147 Å². The molecule has 0 saturated heterocycles. The maximum atomic E-state index is 2.37. The van der Waals surface area contributed by atoms with Crippen LogP contribution in [0.3, 0.4) is 0 Å². The van der Waals surface area contributed by atoms with Gasteiger partial charge in [0.25, 0.3) is 0 Å². The zero-order valence-corrected chi connectivity index (χ0v) is 13.9. The second-order valence-electron chi connectivity index (χ2n) is 6.50. The van der Waals surface area contributed by atoms with E-state index in [2.05, 4.69) is 97.1 Å². The molecule has 5 rings (SSSR count). The van der Waals surface area contributed by atoms with E-state index in [0.717, 1.165) is 6.42 Å². The van der Waals surface area contributed by atoms with E-state index in [4.69, 9.17) is 0 Å². The third kappa shape index (κ3) is 2.22. The van der Waals surface area contributed by atoms with Gasteiger partial charge in [0.2, 0.25) is 0 Å². The van der Waals surface area contributed by atoms with Gasteiger partial charge in [-0.2, -0.15) is 0 Å². The zero-order chi connectivity index (χ0) is 16.6. The first-order valence-electron chi connectivity index (χ1n) is 8.79. The molecule has 25 heavy (non-hydrogen) atoms. The first kappa shape index (κ1) is 14.2. The molecule has 0 heterocycles. The highest BCUT2D eigenvalue weighted by Gasteiger charge is 2.15. The highest BCUT2D eigenvalue weighted by molar-refractivity contribution is 6.06. The van der Waals surface area contributed by atoms with Gasteiger partial charge in [0, 0.05) is 0 Å². The van der Waals surface area contributed by atoms with E-state index in [9.17, 15) is 0 Å². The van der Waals surface area contributed by atoms with Gasteiger partial charge in [-0.15, -0.1) is 0 Å². The van der Waals surface area contributed by atoms with Gasteiger partial charge in [-0.25, -0.2) is 0 Å². The van der Waals surface area contributed by atoms with Crippen molar-refractivity contribution in [2.24, 2.45) is 0 Å². The molecule has 0 unspecified atom stereocenters. The molecule has 0 spiro atoms. The van der Waals surface area contributed by atoms with Crippen molar-refractivity contribution in [1.29, 1.82) is 0 Å². The van der Waals surface area contributed by atoms with Crippen LogP contribution in [0.2, 0.25) is 0 Å². The molecule has 0 atom stereocenters. The number of hydrogen-bond donors (Lipinski definition) is 0. The molecule has 0 aromatic heterocycles. The fraction of sp³-hybridized carbons (Fsp3) is 0.0400. The molecule has 4 aromatic rings. The highest BCUT2D eigenvalue weighted by Crippen LogP contribution is 2.31. The van der Waals surface area contributed by atoms with Gasteiger partial charge in [-0.1, -0.05) is 97.1 Å². The SMILES string of the molecule is C1=c2c(-c3ccccc3)c3ccccc3c(-c3ccccc3)c2=CC1. The van der Waals surface area contributed by atoms with Gasteiger partial charge >= 0.3 is 0 Å². The van der Waals surface area contributed by atoms with E-state index >= 15 is 0 Å². The largest absolute Gasteiger partial charge is 0.0722 e. The molecule has 0 nitrogen and oxygen atoms in total. The van der Waals surface area contributed by atoms with Crippen molar-refractivity contribution >= 4 is 22.9 Å². The molecule has 0 fully saturated rings. The minimum absolute atomic E-state index is 1.01. The lowest BCUT2D eigenvalue weighted by molar-refractivity contribution is 1.54. The van der Waals surface area contributed by atoms with Gasteiger partial charge in [-0.3, -0.25) is 0 Å². The van der Waals surface area contributed by atoms with Crippen LogP contribution in [0.4, 0.5) is 0 Å². The zero-order valence-electron chi connectivity index (χ0n) is 13.9. The Morgan fingerprint density at radius 1 is 0.440 bits per heavy atom. The average molecular weight is 318 g/mol. The molecular formula is C25H18. The van der Waals surface area contributed by atoms with E-state index in [1.54, 1.807) is 0 Å². The summed E-state index contributed by atoms with van der Waals surface area (Å²) in [5.41, 5.74) is 5.31. The first-order chi connectivity index (χ1) is 12.4. The van der Waals surface area contributed by atoms with Crippen LogP contribution in [0.15, 0.2) is 84.9 Å². The Morgan fingerprint density at radius 2 is 0.840 bits per heavy atom. The molecular weight excluding hydrogens is 300 g/mol. The van der Waals surface area contributed by atoms with Crippen molar-refractivity contribution in [2.75, 3.05) is 0 Å². The second-order valence-corrected chi connectivity index (χ2v) is 6.50. The van der Waals surface area contributed by atoms with Crippen LogP contribution in [0.1, 0.15) is 6.42 Å². The minimum Gasteiger partial charge on any atom is -0.0722 e. The van der Waals surface area contributed by atoms with Gasteiger partial charge in [0.1, 0.15) is 0 Å². The van der Waals surface area contributed by atoms with E-state index in [1.807, 2.05) is 0 Å². The van der Waals surface area contributed by atoms with E-state index in [0.29, 0.717) is 0 Å². The molecule has 0 radical (unpaired) electrons.